The van der Waals surface area contributed by atoms with E-state index in [2.05, 4.69) is 10.4 Å². The second-order valence-corrected chi connectivity index (χ2v) is 4.76. The molecule has 1 atom stereocenters. The first kappa shape index (κ1) is 15.2. The molecule has 1 N–H and O–H groups in total. The molecule has 1 unspecified atom stereocenters. The van der Waals surface area contributed by atoms with E-state index in [1.165, 1.54) is 6.20 Å². The molecule has 8 heteroatoms. The number of nitrogens with zero attached hydrogens (tertiary/aromatic N) is 3. The van der Waals surface area contributed by atoms with E-state index in [4.69, 9.17) is 4.74 Å². The molecule has 0 radical (unpaired) electrons. The number of anilines is 1. The Morgan fingerprint density at radius 1 is 1.38 bits per heavy atom. The molecular weight excluding hydrogens is 276 g/mol. The van der Waals surface area contributed by atoms with Crippen LogP contribution in [0.3, 0.4) is 0 Å². The highest BCUT2D eigenvalue weighted by atomic mass is 16.5. The lowest BCUT2D eigenvalue weighted by Gasteiger charge is -2.28. The SMILES string of the molecule is CCCC1C(=O)NC(=O)N(c2cnn(CCOC)c2)C1=O. The number of hydrogen-bond acceptors (Lipinski definition) is 5. The molecule has 0 bridgehead atoms. The number of amides is 4. The Labute approximate surface area is 122 Å². The van der Waals surface area contributed by atoms with Crippen molar-refractivity contribution in [2.75, 3.05) is 18.6 Å². The number of methoxy groups -OCH3 is 1. The van der Waals surface area contributed by atoms with Gasteiger partial charge in [0.05, 0.1) is 25.0 Å². The molecule has 4 amide bonds. The Morgan fingerprint density at radius 2 is 2.14 bits per heavy atom. The van der Waals surface area contributed by atoms with Crippen LogP contribution in [0.25, 0.3) is 0 Å². The lowest BCUT2D eigenvalue weighted by molar-refractivity contribution is -0.134. The predicted octanol–water partition coefficient (Wildman–Crippen LogP) is 0.529. The van der Waals surface area contributed by atoms with E-state index < -0.39 is 23.8 Å². The number of aromatic nitrogens is 2. The molecule has 0 aliphatic carbocycles. The fourth-order valence-electron chi connectivity index (χ4n) is 2.18. The average Bonchev–Trinajstić information content (AvgIpc) is 2.89. The summed E-state index contributed by atoms with van der Waals surface area (Å²) in [5.74, 6) is -1.86. The van der Waals surface area contributed by atoms with E-state index in [-0.39, 0.29) is 0 Å². The molecule has 0 aromatic carbocycles. The zero-order valence-corrected chi connectivity index (χ0v) is 12.0. The molecule has 2 heterocycles. The summed E-state index contributed by atoms with van der Waals surface area (Å²) in [5.41, 5.74) is 0.349. The minimum absolute atomic E-state index is 0.349. The van der Waals surface area contributed by atoms with Gasteiger partial charge in [0.25, 0.3) is 0 Å². The summed E-state index contributed by atoms with van der Waals surface area (Å²) in [6, 6.07) is -0.733. The van der Waals surface area contributed by atoms with Crippen LogP contribution in [0.2, 0.25) is 0 Å². The Balaban J connectivity index is 2.20. The lowest BCUT2D eigenvalue weighted by Crippen LogP contribution is -2.58. The van der Waals surface area contributed by atoms with Crippen molar-refractivity contribution in [1.82, 2.24) is 15.1 Å². The summed E-state index contributed by atoms with van der Waals surface area (Å²) in [6.07, 6.45) is 4.09. The summed E-state index contributed by atoms with van der Waals surface area (Å²) in [7, 11) is 1.58. The first-order chi connectivity index (χ1) is 10.1. The average molecular weight is 294 g/mol. The molecule has 8 nitrogen and oxygen atoms in total. The molecule has 1 aromatic heterocycles. The van der Waals surface area contributed by atoms with E-state index in [0.29, 0.717) is 31.7 Å². The van der Waals surface area contributed by atoms with Gasteiger partial charge >= 0.3 is 6.03 Å². The summed E-state index contributed by atoms with van der Waals surface area (Å²) in [4.78, 5) is 36.9. The second-order valence-electron chi connectivity index (χ2n) is 4.76. The zero-order valence-electron chi connectivity index (χ0n) is 12.0. The van der Waals surface area contributed by atoms with E-state index in [1.54, 1.807) is 18.0 Å². The van der Waals surface area contributed by atoms with Gasteiger partial charge in [0, 0.05) is 13.3 Å². The number of imide groups is 2. The number of urea groups is 1. The first-order valence-corrected chi connectivity index (χ1v) is 6.78. The van der Waals surface area contributed by atoms with Crippen LogP contribution in [0, 0.1) is 5.92 Å². The van der Waals surface area contributed by atoms with Crippen molar-refractivity contribution in [2.45, 2.75) is 26.3 Å². The van der Waals surface area contributed by atoms with Crippen LogP contribution in [-0.2, 0) is 20.9 Å². The maximum atomic E-state index is 12.3. The standard InChI is InChI=1S/C13H18N4O4/c1-3-4-10-11(18)15-13(20)17(12(10)19)9-7-14-16(8-9)5-6-21-2/h7-8,10H,3-6H2,1-2H3,(H,15,18,20). The molecule has 1 saturated heterocycles. The Hall–Kier alpha value is -2.22. The van der Waals surface area contributed by atoms with Crippen molar-refractivity contribution in [3.63, 3.8) is 0 Å². The van der Waals surface area contributed by atoms with E-state index in [1.807, 2.05) is 6.92 Å². The Kier molecular flexibility index (Phi) is 4.69. The quantitative estimate of drug-likeness (QED) is 0.772. The van der Waals surface area contributed by atoms with Gasteiger partial charge in [0.2, 0.25) is 11.8 Å². The topological polar surface area (TPSA) is 93.5 Å². The summed E-state index contributed by atoms with van der Waals surface area (Å²) in [6.45, 7) is 2.86. The van der Waals surface area contributed by atoms with Crippen molar-refractivity contribution >= 4 is 23.5 Å². The number of hydrogen-bond donors (Lipinski definition) is 1. The number of nitrogens with one attached hydrogen (secondary N) is 1. The van der Waals surface area contributed by atoms with E-state index in [9.17, 15) is 14.4 Å². The molecule has 0 saturated carbocycles. The van der Waals surface area contributed by atoms with Crippen molar-refractivity contribution in [2.24, 2.45) is 5.92 Å². The van der Waals surface area contributed by atoms with Crippen LogP contribution in [-0.4, -0.2) is 41.3 Å². The number of carbonyl (C=O) groups is 3. The predicted molar refractivity (Wildman–Crippen MR) is 73.5 cm³/mol. The third-order valence-electron chi connectivity index (χ3n) is 3.25. The highest BCUT2D eigenvalue weighted by Gasteiger charge is 2.40. The molecule has 114 valence electrons. The number of carbonyl (C=O) groups excluding carboxylic acids is 3. The molecular formula is C13H18N4O4. The van der Waals surface area contributed by atoms with Crippen LogP contribution in [0.1, 0.15) is 19.8 Å². The van der Waals surface area contributed by atoms with Crippen molar-refractivity contribution in [3.05, 3.63) is 12.4 Å². The van der Waals surface area contributed by atoms with Gasteiger partial charge in [-0.1, -0.05) is 13.3 Å². The molecule has 21 heavy (non-hydrogen) atoms. The van der Waals surface area contributed by atoms with Crippen molar-refractivity contribution < 1.29 is 19.1 Å². The molecule has 0 spiro atoms. The Bertz CT molecular complexity index is 554. The Morgan fingerprint density at radius 3 is 2.81 bits per heavy atom. The van der Waals surface area contributed by atoms with Gasteiger partial charge in [-0.15, -0.1) is 0 Å². The molecule has 1 aliphatic rings. The van der Waals surface area contributed by atoms with Crippen LogP contribution in [0.5, 0.6) is 0 Å². The third-order valence-corrected chi connectivity index (χ3v) is 3.25. The fraction of sp³-hybridized carbons (Fsp3) is 0.538. The summed E-state index contributed by atoms with van der Waals surface area (Å²) < 4.78 is 6.51. The van der Waals surface area contributed by atoms with Gasteiger partial charge in [0.15, 0.2) is 0 Å². The van der Waals surface area contributed by atoms with Crippen LogP contribution in [0.15, 0.2) is 12.4 Å². The highest BCUT2D eigenvalue weighted by Crippen LogP contribution is 2.22. The lowest BCUT2D eigenvalue weighted by atomic mass is 9.99. The minimum atomic E-state index is -0.824. The number of barbiturate groups is 1. The van der Waals surface area contributed by atoms with Gasteiger partial charge in [-0.3, -0.25) is 19.6 Å². The van der Waals surface area contributed by atoms with E-state index >= 15 is 0 Å². The number of rotatable bonds is 6. The molecule has 1 aliphatic heterocycles. The van der Waals surface area contributed by atoms with Crippen LogP contribution in [0.4, 0.5) is 10.5 Å². The normalized spacial score (nSPS) is 19.0. The number of ether oxygens (including phenoxy) is 1. The zero-order chi connectivity index (χ0) is 15.4. The van der Waals surface area contributed by atoms with Gasteiger partial charge in [-0.25, -0.2) is 9.69 Å². The fourth-order valence-corrected chi connectivity index (χ4v) is 2.18. The largest absolute Gasteiger partial charge is 0.383 e. The van der Waals surface area contributed by atoms with Gasteiger partial charge in [0.1, 0.15) is 5.92 Å². The van der Waals surface area contributed by atoms with Gasteiger partial charge in [-0.2, -0.15) is 5.10 Å². The smallest absolute Gasteiger partial charge is 0.335 e. The first-order valence-electron chi connectivity index (χ1n) is 6.78. The highest BCUT2D eigenvalue weighted by molar-refractivity contribution is 6.27. The molecule has 1 fully saturated rings. The van der Waals surface area contributed by atoms with Crippen molar-refractivity contribution in [3.8, 4) is 0 Å². The summed E-state index contributed by atoms with van der Waals surface area (Å²) in [5, 5.41) is 6.28. The summed E-state index contributed by atoms with van der Waals surface area (Å²) >= 11 is 0. The van der Waals surface area contributed by atoms with Crippen molar-refractivity contribution in [1.29, 1.82) is 0 Å². The maximum absolute atomic E-state index is 12.3. The van der Waals surface area contributed by atoms with Gasteiger partial charge < -0.3 is 4.74 Å². The maximum Gasteiger partial charge on any atom is 0.335 e. The molecule has 2 rings (SSSR count). The monoisotopic (exact) mass is 294 g/mol. The second kappa shape index (κ2) is 6.49. The van der Waals surface area contributed by atoms with Crippen LogP contribution >= 0.6 is 0 Å². The van der Waals surface area contributed by atoms with E-state index in [0.717, 1.165) is 4.90 Å². The third kappa shape index (κ3) is 3.10. The van der Waals surface area contributed by atoms with Crippen LogP contribution < -0.4 is 10.2 Å². The minimum Gasteiger partial charge on any atom is -0.383 e. The molecule has 1 aromatic rings. The van der Waals surface area contributed by atoms with Gasteiger partial charge in [-0.05, 0) is 6.42 Å².